The van der Waals surface area contributed by atoms with Gasteiger partial charge in [-0.3, -0.25) is 4.98 Å². The van der Waals surface area contributed by atoms with E-state index >= 15 is 0 Å². The molecule has 0 saturated heterocycles. The normalized spacial score (nSPS) is 9.95. The minimum absolute atomic E-state index is 0.613. The Kier molecular flexibility index (Phi) is 4.09. The van der Waals surface area contributed by atoms with Crippen LogP contribution in [0.3, 0.4) is 0 Å². The van der Waals surface area contributed by atoms with E-state index in [0.29, 0.717) is 5.56 Å². The molecule has 0 saturated carbocycles. The average Bonchev–Trinajstić information content (AvgIpc) is 2.46. The summed E-state index contributed by atoms with van der Waals surface area (Å²) in [5.41, 5.74) is 2.69. The highest BCUT2D eigenvalue weighted by Crippen LogP contribution is 2.19. The first-order valence-electron chi connectivity index (χ1n) is 6.26. The number of nitrogens with zero attached hydrogens (tertiary/aromatic N) is 4. The van der Waals surface area contributed by atoms with Crippen LogP contribution in [0.5, 0.6) is 0 Å². The zero-order chi connectivity index (χ0) is 13.7. The van der Waals surface area contributed by atoms with E-state index in [-0.39, 0.29) is 0 Å². The Morgan fingerprint density at radius 2 is 1.95 bits per heavy atom. The molecule has 2 rings (SSSR count). The highest BCUT2D eigenvalue weighted by atomic mass is 15.2. The lowest BCUT2D eigenvalue weighted by molar-refractivity contribution is 0.807. The molecule has 0 amide bonds. The van der Waals surface area contributed by atoms with Gasteiger partial charge in [0.15, 0.2) is 0 Å². The molecular formula is C15H16N4. The molecule has 0 aliphatic heterocycles. The maximum absolute atomic E-state index is 9.19. The first-order valence-corrected chi connectivity index (χ1v) is 6.26. The highest BCUT2D eigenvalue weighted by molar-refractivity contribution is 5.54. The minimum atomic E-state index is 0.613. The fourth-order valence-corrected chi connectivity index (χ4v) is 1.92. The van der Waals surface area contributed by atoms with E-state index in [1.165, 1.54) is 0 Å². The molecule has 2 heterocycles. The summed E-state index contributed by atoms with van der Waals surface area (Å²) >= 11 is 0. The molecule has 0 unspecified atom stereocenters. The third-order valence-electron chi connectivity index (χ3n) is 2.94. The van der Waals surface area contributed by atoms with Gasteiger partial charge in [0.2, 0.25) is 0 Å². The van der Waals surface area contributed by atoms with E-state index in [0.717, 1.165) is 30.2 Å². The first kappa shape index (κ1) is 13.0. The lowest BCUT2D eigenvalue weighted by Crippen LogP contribution is -2.24. The van der Waals surface area contributed by atoms with Crippen LogP contribution in [-0.4, -0.2) is 16.5 Å². The summed E-state index contributed by atoms with van der Waals surface area (Å²) in [6.07, 6.45) is 3.55. The van der Waals surface area contributed by atoms with Gasteiger partial charge in [0.25, 0.3) is 0 Å². The molecule has 0 atom stereocenters. The summed E-state index contributed by atoms with van der Waals surface area (Å²) in [6, 6.07) is 9.85. The Bertz CT molecular complexity index is 587. The van der Waals surface area contributed by atoms with E-state index in [9.17, 15) is 5.26 Å². The van der Waals surface area contributed by atoms with Crippen molar-refractivity contribution in [3.8, 4) is 6.07 Å². The molecule has 96 valence electrons. The highest BCUT2D eigenvalue weighted by Gasteiger charge is 2.12. The molecule has 0 aromatic carbocycles. The van der Waals surface area contributed by atoms with Crippen LogP contribution in [0.15, 0.2) is 36.7 Å². The van der Waals surface area contributed by atoms with Crippen molar-refractivity contribution >= 4 is 5.82 Å². The Morgan fingerprint density at radius 3 is 2.58 bits per heavy atom. The fraction of sp³-hybridized carbons (Fsp3) is 0.267. The Balaban J connectivity index is 2.32. The molecule has 4 heteroatoms. The van der Waals surface area contributed by atoms with E-state index in [4.69, 9.17) is 0 Å². The van der Waals surface area contributed by atoms with E-state index < -0.39 is 0 Å². The molecule has 2 aromatic heterocycles. The number of anilines is 1. The number of hydrogen-bond acceptors (Lipinski definition) is 4. The molecule has 0 bridgehead atoms. The van der Waals surface area contributed by atoms with Crippen molar-refractivity contribution in [3.05, 3.63) is 53.5 Å². The smallest absolute Gasteiger partial charge is 0.147 e. The van der Waals surface area contributed by atoms with Gasteiger partial charge in [0.1, 0.15) is 11.9 Å². The summed E-state index contributed by atoms with van der Waals surface area (Å²) in [4.78, 5) is 10.6. The lowest BCUT2D eigenvalue weighted by atomic mass is 10.2. The van der Waals surface area contributed by atoms with Crippen molar-refractivity contribution in [2.24, 2.45) is 0 Å². The fourth-order valence-electron chi connectivity index (χ4n) is 1.92. The molecule has 0 N–H and O–H groups in total. The van der Waals surface area contributed by atoms with Gasteiger partial charge in [0, 0.05) is 31.2 Å². The predicted octanol–water partition coefficient (Wildman–Crippen LogP) is 2.68. The summed E-state index contributed by atoms with van der Waals surface area (Å²) < 4.78 is 0. The second-order valence-corrected chi connectivity index (χ2v) is 4.31. The maximum Gasteiger partial charge on any atom is 0.147 e. The Hall–Kier alpha value is -2.41. The number of aryl methyl sites for hydroxylation is 1. The van der Waals surface area contributed by atoms with Gasteiger partial charge in [-0.25, -0.2) is 4.98 Å². The lowest BCUT2D eigenvalue weighted by Gasteiger charge is -2.23. The quantitative estimate of drug-likeness (QED) is 0.839. The Labute approximate surface area is 113 Å². The van der Waals surface area contributed by atoms with Gasteiger partial charge in [-0.05, 0) is 43.7 Å². The van der Waals surface area contributed by atoms with Crippen molar-refractivity contribution < 1.29 is 0 Å². The summed E-state index contributed by atoms with van der Waals surface area (Å²) in [6.45, 7) is 5.52. The van der Waals surface area contributed by atoms with Gasteiger partial charge in [0.05, 0.1) is 5.56 Å². The maximum atomic E-state index is 9.19. The number of aromatic nitrogens is 2. The third kappa shape index (κ3) is 3.08. The molecule has 2 aromatic rings. The van der Waals surface area contributed by atoms with E-state index in [1.807, 2.05) is 31.2 Å². The zero-order valence-corrected chi connectivity index (χ0v) is 11.2. The number of nitriles is 1. The molecule has 0 spiro atoms. The molecule has 0 fully saturated rings. The van der Waals surface area contributed by atoms with E-state index in [2.05, 4.69) is 27.9 Å². The molecule has 0 aliphatic rings. The summed E-state index contributed by atoms with van der Waals surface area (Å²) in [7, 11) is 0. The topological polar surface area (TPSA) is 52.8 Å². The average molecular weight is 252 g/mol. The van der Waals surface area contributed by atoms with Crippen LogP contribution >= 0.6 is 0 Å². The predicted molar refractivity (Wildman–Crippen MR) is 74.7 cm³/mol. The standard InChI is InChI=1S/C15H16N4/c1-3-19(11-13-6-8-17-9-7-13)15-14(10-16)5-4-12(2)18-15/h4-9H,3,11H2,1-2H3. The first-order chi connectivity index (χ1) is 9.24. The summed E-state index contributed by atoms with van der Waals surface area (Å²) in [5.74, 6) is 0.752. The van der Waals surface area contributed by atoms with Gasteiger partial charge in [-0.2, -0.15) is 5.26 Å². The van der Waals surface area contributed by atoms with Gasteiger partial charge in [-0.15, -0.1) is 0 Å². The minimum Gasteiger partial charge on any atom is -0.351 e. The second kappa shape index (κ2) is 5.96. The van der Waals surface area contributed by atoms with Crippen molar-refractivity contribution in [1.29, 1.82) is 5.26 Å². The zero-order valence-electron chi connectivity index (χ0n) is 11.2. The van der Waals surface area contributed by atoms with Crippen LogP contribution in [0.25, 0.3) is 0 Å². The SMILES string of the molecule is CCN(Cc1ccncc1)c1nc(C)ccc1C#N. The van der Waals surface area contributed by atoms with Crippen molar-refractivity contribution in [3.63, 3.8) is 0 Å². The largest absolute Gasteiger partial charge is 0.351 e. The molecule has 0 aliphatic carbocycles. The second-order valence-electron chi connectivity index (χ2n) is 4.31. The van der Waals surface area contributed by atoms with Gasteiger partial charge in [-0.1, -0.05) is 0 Å². The van der Waals surface area contributed by atoms with Crippen LogP contribution in [0.2, 0.25) is 0 Å². The van der Waals surface area contributed by atoms with Crippen LogP contribution in [0, 0.1) is 18.3 Å². The van der Waals surface area contributed by atoms with Crippen LogP contribution < -0.4 is 4.90 Å². The van der Waals surface area contributed by atoms with Crippen molar-refractivity contribution in [2.75, 3.05) is 11.4 Å². The molecule has 19 heavy (non-hydrogen) atoms. The third-order valence-corrected chi connectivity index (χ3v) is 2.94. The number of rotatable bonds is 4. The van der Waals surface area contributed by atoms with Gasteiger partial charge < -0.3 is 4.90 Å². The van der Waals surface area contributed by atoms with E-state index in [1.54, 1.807) is 12.4 Å². The van der Waals surface area contributed by atoms with Crippen molar-refractivity contribution in [1.82, 2.24) is 9.97 Å². The van der Waals surface area contributed by atoms with Crippen molar-refractivity contribution in [2.45, 2.75) is 20.4 Å². The monoisotopic (exact) mass is 252 g/mol. The summed E-state index contributed by atoms with van der Waals surface area (Å²) in [5, 5.41) is 9.19. The molecule has 0 radical (unpaired) electrons. The molecular weight excluding hydrogens is 236 g/mol. The Morgan fingerprint density at radius 1 is 1.21 bits per heavy atom. The molecule has 4 nitrogen and oxygen atoms in total. The van der Waals surface area contributed by atoms with Crippen LogP contribution in [-0.2, 0) is 6.54 Å². The number of pyridine rings is 2. The van der Waals surface area contributed by atoms with Gasteiger partial charge >= 0.3 is 0 Å². The number of hydrogen-bond donors (Lipinski definition) is 0. The van der Waals surface area contributed by atoms with Crippen LogP contribution in [0.1, 0.15) is 23.7 Å². The van der Waals surface area contributed by atoms with Crippen LogP contribution in [0.4, 0.5) is 5.82 Å².